The molecule has 1 aromatic heterocycles. The first-order valence-electron chi connectivity index (χ1n) is 4.83. The maximum absolute atomic E-state index is 11.0. The van der Waals surface area contributed by atoms with Crippen LogP contribution in [0.5, 0.6) is 0 Å². The van der Waals surface area contributed by atoms with Crippen LogP contribution in [0.1, 0.15) is 21.7 Å². The molecule has 2 rings (SSSR count). The Labute approximate surface area is 91.4 Å². The van der Waals surface area contributed by atoms with Crippen molar-refractivity contribution in [1.82, 2.24) is 14.7 Å². The zero-order chi connectivity index (χ0) is 11.9. The first-order chi connectivity index (χ1) is 7.50. The van der Waals surface area contributed by atoms with Crippen LogP contribution in [-0.4, -0.2) is 38.3 Å². The summed E-state index contributed by atoms with van der Waals surface area (Å²) in [6.07, 6.45) is 0.480. The number of carboxylic acid groups (broad SMARTS) is 1. The Morgan fingerprint density at radius 1 is 1.50 bits per heavy atom. The van der Waals surface area contributed by atoms with Crippen LogP contribution in [0.4, 0.5) is 4.79 Å². The number of carbonyl (C=O) groups is 2. The fourth-order valence-electron chi connectivity index (χ4n) is 1.93. The van der Waals surface area contributed by atoms with Gasteiger partial charge in [0.25, 0.3) is 0 Å². The maximum Gasteiger partial charge on any atom is 0.356 e. The number of primary amides is 1. The quantitative estimate of drug-likeness (QED) is 0.674. The molecule has 0 saturated carbocycles. The van der Waals surface area contributed by atoms with Crippen LogP contribution in [0.2, 0.25) is 0 Å². The Kier molecular flexibility index (Phi) is 2.30. The van der Waals surface area contributed by atoms with Gasteiger partial charge in [0.1, 0.15) is 0 Å². The van der Waals surface area contributed by atoms with Crippen molar-refractivity contribution in [3.8, 4) is 0 Å². The third-order valence-corrected chi connectivity index (χ3v) is 2.76. The van der Waals surface area contributed by atoms with Gasteiger partial charge in [-0.2, -0.15) is 5.10 Å². The number of nitrogens with zero attached hydrogens (tertiary/aromatic N) is 3. The number of nitrogens with two attached hydrogens (primary N) is 1. The summed E-state index contributed by atoms with van der Waals surface area (Å²) in [5, 5.41) is 12.9. The van der Waals surface area contributed by atoms with Crippen molar-refractivity contribution in [2.75, 3.05) is 6.54 Å². The number of urea groups is 1. The van der Waals surface area contributed by atoms with Crippen molar-refractivity contribution in [2.24, 2.45) is 12.8 Å². The fraction of sp³-hybridized carbons (Fsp3) is 0.444. The van der Waals surface area contributed by atoms with E-state index in [2.05, 4.69) is 5.10 Å². The highest BCUT2D eigenvalue weighted by atomic mass is 16.4. The number of aromatic carboxylic acids is 1. The van der Waals surface area contributed by atoms with Crippen molar-refractivity contribution in [3.05, 3.63) is 17.0 Å². The molecule has 2 amide bonds. The minimum absolute atomic E-state index is 0.0709. The van der Waals surface area contributed by atoms with Crippen molar-refractivity contribution in [1.29, 1.82) is 0 Å². The van der Waals surface area contributed by atoms with Gasteiger partial charge >= 0.3 is 12.0 Å². The number of rotatable bonds is 1. The molecule has 3 N–H and O–H groups in total. The average molecular weight is 224 g/mol. The third kappa shape index (κ3) is 1.50. The van der Waals surface area contributed by atoms with E-state index < -0.39 is 12.0 Å². The van der Waals surface area contributed by atoms with Crippen LogP contribution in [0, 0.1) is 0 Å². The summed E-state index contributed by atoms with van der Waals surface area (Å²) >= 11 is 0. The van der Waals surface area contributed by atoms with Crippen LogP contribution < -0.4 is 5.73 Å². The van der Waals surface area contributed by atoms with Gasteiger partial charge in [0.05, 0.1) is 12.2 Å². The summed E-state index contributed by atoms with van der Waals surface area (Å²) in [6.45, 7) is 0.760. The summed E-state index contributed by atoms with van der Waals surface area (Å²) in [5.41, 5.74) is 6.69. The molecule has 7 nitrogen and oxygen atoms in total. The van der Waals surface area contributed by atoms with Crippen LogP contribution >= 0.6 is 0 Å². The molecule has 1 aliphatic heterocycles. The molecular weight excluding hydrogens is 212 g/mol. The number of hydrogen-bond donors (Lipinski definition) is 2. The van der Waals surface area contributed by atoms with E-state index in [0.29, 0.717) is 25.1 Å². The molecule has 0 atom stereocenters. The predicted molar refractivity (Wildman–Crippen MR) is 53.9 cm³/mol. The molecule has 1 aromatic rings. The van der Waals surface area contributed by atoms with E-state index in [1.165, 1.54) is 9.58 Å². The lowest BCUT2D eigenvalue weighted by atomic mass is 10.0. The van der Waals surface area contributed by atoms with E-state index in [1.54, 1.807) is 7.05 Å². The second kappa shape index (κ2) is 3.51. The van der Waals surface area contributed by atoms with Gasteiger partial charge in [-0.3, -0.25) is 4.68 Å². The molecule has 2 heterocycles. The average Bonchev–Trinajstić information content (AvgIpc) is 2.56. The van der Waals surface area contributed by atoms with Crippen molar-refractivity contribution < 1.29 is 14.7 Å². The first-order valence-corrected chi connectivity index (χ1v) is 4.83. The predicted octanol–water partition coefficient (Wildman–Crippen LogP) is -0.445. The van der Waals surface area contributed by atoms with Gasteiger partial charge in [0.2, 0.25) is 0 Å². The molecule has 1 aliphatic rings. The van der Waals surface area contributed by atoms with Crippen LogP contribution in [0.3, 0.4) is 0 Å². The van der Waals surface area contributed by atoms with Crippen molar-refractivity contribution in [3.63, 3.8) is 0 Å². The molecule has 0 spiro atoms. The lowest BCUT2D eigenvalue weighted by Gasteiger charge is -2.25. The van der Waals surface area contributed by atoms with E-state index in [0.717, 1.165) is 5.69 Å². The van der Waals surface area contributed by atoms with Gasteiger partial charge in [-0.15, -0.1) is 0 Å². The van der Waals surface area contributed by atoms with Crippen molar-refractivity contribution in [2.45, 2.75) is 13.0 Å². The molecule has 0 unspecified atom stereocenters. The maximum atomic E-state index is 11.0. The summed E-state index contributed by atoms with van der Waals surface area (Å²) in [5.74, 6) is -1.04. The zero-order valence-corrected chi connectivity index (χ0v) is 8.80. The number of hydrogen-bond acceptors (Lipinski definition) is 3. The largest absolute Gasteiger partial charge is 0.476 e. The van der Waals surface area contributed by atoms with E-state index in [4.69, 9.17) is 10.8 Å². The highest BCUT2D eigenvalue weighted by Crippen LogP contribution is 2.21. The smallest absolute Gasteiger partial charge is 0.356 e. The Morgan fingerprint density at radius 2 is 2.19 bits per heavy atom. The summed E-state index contributed by atoms with van der Waals surface area (Å²) < 4.78 is 1.49. The SMILES string of the molecule is Cn1nc(C(=O)O)c2c1CN(C(N)=O)CC2. The second-order valence-electron chi connectivity index (χ2n) is 3.71. The Morgan fingerprint density at radius 3 is 2.75 bits per heavy atom. The Bertz CT molecular complexity index is 466. The van der Waals surface area contributed by atoms with E-state index in [1.807, 2.05) is 0 Å². The number of carboxylic acids is 1. The molecule has 0 radical (unpaired) electrons. The number of amides is 2. The van der Waals surface area contributed by atoms with Crippen molar-refractivity contribution >= 4 is 12.0 Å². The highest BCUT2D eigenvalue weighted by Gasteiger charge is 2.27. The minimum Gasteiger partial charge on any atom is -0.476 e. The van der Waals surface area contributed by atoms with Crippen LogP contribution in [0.15, 0.2) is 0 Å². The van der Waals surface area contributed by atoms with Gasteiger partial charge in [-0.1, -0.05) is 0 Å². The Balaban J connectivity index is 2.40. The van der Waals surface area contributed by atoms with E-state index >= 15 is 0 Å². The normalized spacial score (nSPS) is 14.7. The molecule has 0 fully saturated rings. The molecule has 16 heavy (non-hydrogen) atoms. The number of carbonyl (C=O) groups excluding carboxylic acids is 1. The van der Waals surface area contributed by atoms with Crippen LogP contribution in [-0.2, 0) is 20.0 Å². The number of aromatic nitrogens is 2. The first kappa shape index (κ1) is 10.5. The third-order valence-electron chi connectivity index (χ3n) is 2.76. The molecule has 0 saturated heterocycles. The molecule has 7 heteroatoms. The molecular formula is C9H12N4O3. The lowest BCUT2D eigenvalue weighted by molar-refractivity contribution is 0.0688. The topological polar surface area (TPSA) is 101 Å². The van der Waals surface area contributed by atoms with Gasteiger partial charge in [0, 0.05) is 19.2 Å². The molecule has 0 aliphatic carbocycles. The second-order valence-corrected chi connectivity index (χ2v) is 3.71. The highest BCUT2D eigenvalue weighted by molar-refractivity contribution is 5.87. The van der Waals surface area contributed by atoms with E-state index in [-0.39, 0.29) is 5.69 Å². The molecule has 0 bridgehead atoms. The molecule has 0 aromatic carbocycles. The molecule has 86 valence electrons. The lowest BCUT2D eigenvalue weighted by Crippen LogP contribution is -2.40. The van der Waals surface area contributed by atoms with E-state index in [9.17, 15) is 9.59 Å². The number of fused-ring (bicyclic) bond motifs is 1. The van der Waals surface area contributed by atoms with Gasteiger partial charge < -0.3 is 15.7 Å². The standard InChI is InChI=1S/C9H12N4O3/c1-12-6-4-13(9(10)16)3-2-5(6)7(11-12)8(14)15/h2-4H2,1H3,(H2,10,16)(H,14,15). The van der Waals surface area contributed by atoms with Gasteiger partial charge in [0.15, 0.2) is 5.69 Å². The minimum atomic E-state index is -1.04. The van der Waals surface area contributed by atoms with Gasteiger partial charge in [-0.25, -0.2) is 9.59 Å². The summed E-state index contributed by atoms with van der Waals surface area (Å²) in [7, 11) is 1.66. The van der Waals surface area contributed by atoms with Gasteiger partial charge in [-0.05, 0) is 6.42 Å². The fourth-order valence-corrected chi connectivity index (χ4v) is 1.93. The summed E-state index contributed by atoms with van der Waals surface area (Å²) in [6, 6.07) is -0.497. The number of aryl methyl sites for hydroxylation is 1. The Hall–Kier alpha value is -2.05. The zero-order valence-electron chi connectivity index (χ0n) is 8.80. The summed E-state index contributed by atoms with van der Waals surface area (Å²) in [4.78, 5) is 23.4. The monoisotopic (exact) mass is 224 g/mol. The van der Waals surface area contributed by atoms with Crippen LogP contribution in [0.25, 0.3) is 0 Å².